The van der Waals surface area contributed by atoms with Gasteiger partial charge in [0.05, 0.1) is 6.61 Å². The number of hydrogen-bond donors (Lipinski definition) is 0. The molecule has 1 heterocycles. The molecule has 0 N–H and O–H groups in total. The van der Waals surface area contributed by atoms with Gasteiger partial charge in [-0.3, -0.25) is 0 Å². The van der Waals surface area contributed by atoms with Gasteiger partial charge in [0.25, 0.3) is 0 Å². The van der Waals surface area contributed by atoms with Crippen LogP contribution in [0.15, 0.2) is 18.2 Å². The average Bonchev–Trinajstić information content (AvgIpc) is 2.15. The van der Waals surface area contributed by atoms with Crippen molar-refractivity contribution in [1.82, 2.24) is 0 Å². The molecule has 0 saturated carbocycles. The first-order valence-corrected chi connectivity index (χ1v) is 4.31. The Bertz CT molecular complexity index is 360. The molecule has 1 aliphatic rings. The molecule has 0 aromatic heterocycles. The number of ether oxygens (including phenoxy) is 2. The Labute approximate surface area is 84.6 Å². The molecule has 2 nitrogen and oxygen atoms in total. The van der Waals surface area contributed by atoms with E-state index in [1.165, 1.54) is 18.2 Å². The van der Waals surface area contributed by atoms with Gasteiger partial charge in [0.1, 0.15) is 11.5 Å². The highest BCUT2D eigenvalue weighted by atomic mass is 19.4. The number of hydrogen-bond acceptors (Lipinski definition) is 2. The van der Waals surface area contributed by atoms with Crippen LogP contribution in [0.2, 0.25) is 0 Å². The second-order valence-electron chi connectivity index (χ2n) is 2.98. The van der Waals surface area contributed by atoms with E-state index in [0.717, 1.165) is 0 Å². The van der Waals surface area contributed by atoms with Crippen LogP contribution in [0.1, 0.15) is 12.0 Å². The fourth-order valence-corrected chi connectivity index (χ4v) is 1.31. The highest BCUT2D eigenvalue weighted by Crippen LogP contribution is 2.32. The first kappa shape index (κ1) is 10.1. The summed E-state index contributed by atoms with van der Waals surface area (Å²) in [6.45, 7) is 0.433. The van der Waals surface area contributed by atoms with Crippen LogP contribution >= 0.6 is 0 Å². The predicted octanol–water partition coefficient (Wildman–Crippen LogP) is 2.80. The van der Waals surface area contributed by atoms with E-state index in [-0.39, 0.29) is 5.75 Å². The Kier molecular flexibility index (Phi) is 2.46. The number of fused-ring (bicyclic) bond motifs is 1. The molecule has 0 saturated heterocycles. The predicted molar refractivity (Wildman–Crippen MR) is 45.6 cm³/mol. The molecule has 1 aromatic rings. The lowest BCUT2D eigenvalue weighted by atomic mass is 10.1. The van der Waals surface area contributed by atoms with Gasteiger partial charge in [0.2, 0.25) is 0 Å². The molecule has 0 bridgehead atoms. The molecule has 2 radical (unpaired) electrons. The minimum Gasteiger partial charge on any atom is -0.493 e. The molecule has 5 heteroatoms. The topological polar surface area (TPSA) is 18.5 Å². The van der Waals surface area contributed by atoms with E-state index in [0.29, 0.717) is 24.3 Å². The summed E-state index contributed by atoms with van der Waals surface area (Å²) in [6, 6.07) is 3.96. The van der Waals surface area contributed by atoms with Gasteiger partial charge < -0.3 is 9.47 Å². The first-order chi connectivity index (χ1) is 7.04. The summed E-state index contributed by atoms with van der Waals surface area (Å²) in [5.74, 6) is 0.105. The third kappa shape index (κ3) is 2.55. The van der Waals surface area contributed by atoms with Crippen molar-refractivity contribution in [2.24, 2.45) is 0 Å². The van der Waals surface area contributed by atoms with Gasteiger partial charge in [-0.25, -0.2) is 0 Å². The van der Waals surface area contributed by atoms with Gasteiger partial charge in [-0.2, -0.15) is 0 Å². The molecule has 0 atom stereocenters. The van der Waals surface area contributed by atoms with Crippen molar-refractivity contribution in [3.05, 3.63) is 30.2 Å². The van der Waals surface area contributed by atoms with Gasteiger partial charge in [-0.05, 0) is 12.5 Å². The fourth-order valence-electron chi connectivity index (χ4n) is 1.31. The number of alkyl halides is 3. The lowest BCUT2D eigenvalue weighted by molar-refractivity contribution is -0.274. The Morgan fingerprint density at radius 2 is 2.13 bits per heavy atom. The second-order valence-corrected chi connectivity index (χ2v) is 2.98. The third-order valence-electron chi connectivity index (χ3n) is 1.86. The zero-order chi connectivity index (χ0) is 10.9. The maximum atomic E-state index is 11.9. The van der Waals surface area contributed by atoms with E-state index in [1.54, 1.807) is 0 Å². The lowest BCUT2D eigenvalue weighted by Crippen LogP contribution is -2.17. The molecule has 0 unspecified atom stereocenters. The molecule has 0 spiro atoms. The first-order valence-electron chi connectivity index (χ1n) is 4.31. The molecule has 0 amide bonds. The van der Waals surface area contributed by atoms with Gasteiger partial charge in [0, 0.05) is 18.1 Å². The van der Waals surface area contributed by atoms with Crippen LogP contribution in [0.5, 0.6) is 11.5 Å². The number of halogens is 3. The molecular weight excluding hydrogens is 209 g/mol. The molecule has 1 aliphatic heterocycles. The molecule has 0 fully saturated rings. The zero-order valence-corrected chi connectivity index (χ0v) is 7.60. The minimum absolute atomic E-state index is 0.273. The minimum atomic E-state index is -4.67. The lowest BCUT2D eigenvalue weighted by Gasteiger charge is -2.17. The monoisotopic (exact) mass is 216 g/mol. The van der Waals surface area contributed by atoms with Crippen LogP contribution in [0, 0.1) is 6.42 Å². The Morgan fingerprint density at radius 1 is 1.33 bits per heavy atom. The summed E-state index contributed by atoms with van der Waals surface area (Å²) in [6.07, 6.45) is -1.03. The van der Waals surface area contributed by atoms with E-state index >= 15 is 0 Å². The van der Waals surface area contributed by atoms with Crippen LogP contribution in [0.4, 0.5) is 13.2 Å². The van der Waals surface area contributed by atoms with Crippen LogP contribution in [0.25, 0.3) is 0 Å². The van der Waals surface area contributed by atoms with Crippen molar-refractivity contribution >= 4 is 0 Å². The van der Waals surface area contributed by atoms with E-state index in [1.807, 2.05) is 0 Å². The van der Waals surface area contributed by atoms with E-state index in [2.05, 4.69) is 11.2 Å². The molecule has 2 rings (SSSR count). The number of benzene rings is 1. The second kappa shape index (κ2) is 3.64. The highest BCUT2D eigenvalue weighted by molar-refractivity contribution is 5.45. The molecule has 0 aliphatic carbocycles. The fraction of sp³-hybridized carbons (Fsp3) is 0.300. The van der Waals surface area contributed by atoms with Gasteiger partial charge in [0.15, 0.2) is 0 Å². The van der Waals surface area contributed by atoms with Crippen LogP contribution in [-0.4, -0.2) is 13.0 Å². The van der Waals surface area contributed by atoms with Crippen molar-refractivity contribution in [3.8, 4) is 11.5 Å². The summed E-state index contributed by atoms with van der Waals surface area (Å²) >= 11 is 0. The summed E-state index contributed by atoms with van der Waals surface area (Å²) in [7, 11) is 0. The van der Waals surface area contributed by atoms with Crippen molar-refractivity contribution in [1.29, 1.82) is 0 Å². The average molecular weight is 216 g/mol. The summed E-state index contributed by atoms with van der Waals surface area (Å²) < 4.78 is 44.6. The van der Waals surface area contributed by atoms with Crippen molar-refractivity contribution in [2.75, 3.05) is 6.61 Å². The standard InChI is InChI=1S/C10H7F3O2/c11-10(12,13)15-8-4-3-7-2-1-5-14-9(7)6-8/h3-4,6H,1,5H2. The molecule has 1 aromatic carbocycles. The SMILES string of the molecule is FC(F)(F)Oc1ccc2c(c1)OCC[C]2. The maximum absolute atomic E-state index is 11.9. The van der Waals surface area contributed by atoms with Crippen LogP contribution in [0.3, 0.4) is 0 Å². The zero-order valence-electron chi connectivity index (χ0n) is 7.60. The smallest absolute Gasteiger partial charge is 0.493 e. The van der Waals surface area contributed by atoms with Crippen LogP contribution in [-0.2, 0) is 0 Å². The maximum Gasteiger partial charge on any atom is 0.573 e. The van der Waals surface area contributed by atoms with E-state index in [4.69, 9.17) is 4.74 Å². The van der Waals surface area contributed by atoms with Crippen molar-refractivity contribution < 1.29 is 22.6 Å². The molecule has 80 valence electrons. The number of rotatable bonds is 1. The van der Waals surface area contributed by atoms with E-state index < -0.39 is 6.36 Å². The quantitative estimate of drug-likeness (QED) is 0.718. The Balaban J connectivity index is 2.21. The Morgan fingerprint density at radius 3 is 2.87 bits per heavy atom. The molecular formula is C10H7F3O2. The van der Waals surface area contributed by atoms with Gasteiger partial charge >= 0.3 is 6.36 Å². The summed E-state index contributed by atoms with van der Waals surface area (Å²) in [4.78, 5) is 0. The van der Waals surface area contributed by atoms with Crippen molar-refractivity contribution in [2.45, 2.75) is 12.8 Å². The normalized spacial score (nSPS) is 15.4. The van der Waals surface area contributed by atoms with E-state index in [9.17, 15) is 13.2 Å². The summed E-state index contributed by atoms with van der Waals surface area (Å²) in [5, 5.41) is 0. The Hall–Kier alpha value is -1.39. The van der Waals surface area contributed by atoms with Gasteiger partial charge in [-0.15, -0.1) is 13.2 Å². The largest absolute Gasteiger partial charge is 0.573 e. The third-order valence-corrected chi connectivity index (χ3v) is 1.86. The summed E-state index contributed by atoms with van der Waals surface area (Å²) in [5.41, 5.74) is 0.677. The highest BCUT2D eigenvalue weighted by Gasteiger charge is 2.31. The van der Waals surface area contributed by atoms with Crippen molar-refractivity contribution in [3.63, 3.8) is 0 Å². The molecule has 15 heavy (non-hydrogen) atoms. The van der Waals surface area contributed by atoms with Gasteiger partial charge in [-0.1, -0.05) is 6.07 Å². The van der Waals surface area contributed by atoms with Crippen LogP contribution < -0.4 is 9.47 Å².